The van der Waals surface area contributed by atoms with Crippen LogP contribution >= 0.6 is 0 Å². The van der Waals surface area contributed by atoms with Crippen LogP contribution in [0.15, 0.2) is 30.5 Å². The molecule has 0 aliphatic heterocycles. The van der Waals surface area contributed by atoms with Crippen molar-refractivity contribution in [3.05, 3.63) is 36.0 Å². The highest BCUT2D eigenvalue weighted by molar-refractivity contribution is 5.81. The topological polar surface area (TPSA) is 60.1 Å². The number of nitrogens with zero attached hydrogens (tertiary/aromatic N) is 1. The zero-order chi connectivity index (χ0) is 13.7. The Balaban J connectivity index is 2.14. The number of hydrogen-bond acceptors (Lipinski definition) is 2. The number of aryl methyl sites for hydroxylation is 1. The van der Waals surface area contributed by atoms with E-state index in [4.69, 9.17) is 5.73 Å². The van der Waals surface area contributed by atoms with Gasteiger partial charge in [0.1, 0.15) is 0 Å². The van der Waals surface area contributed by atoms with Crippen LogP contribution in [-0.2, 0) is 17.9 Å². The molecule has 0 atom stereocenters. The van der Waals surface area contributed by atoms with Gasteiger partial charge >= 0.3 is 0 Å². The number of nitrogens with one attached hydrogen (secondary N) is 1. The molecular weight excluding hydrogens is 238 g/mol. The molecule has 1 heterocycles. The van der Waals surface area contributed by atoms with Gasteiger partial charge in [-0.15, -0.1) is 0 Å². The number of carbonyl (C=O) groups is 1. The van der Waals surface area contributed by atoms with Crippen molar-refractivity contribution in [2.24, 2.45) is 5.73 Å². The Morgan fingerprint density at radius 1 is 1.37 bits per heavy atom. The Morgan fingerprint density at radius 2 is 2.21 bits per heavy atom. The SMILES string of the molecule is CCCNCc1ccc2ccn(CCC(N)=O)c2c1. The van der Waals surface area contributed by atoms with E-state index in [-0.39, 0.29) is 5.91 Å². The average molecular weight is 259 g/mol. The first-order valence-corrected chi connectivity index (χ1v) is 6.77. The lowest BCUT2D eigenvalue weighted by atomic mass is 10.1. The number of nitrogens with two attached hydrogens (primary N) is 1. The molecule has 0 fully saturated rings. The summed E-state index contributed by atoms with van der Waals surface area (Å²) >= 11 is 0. The highest BCUT2D eigenvalue weighted by Gasteiger charge is 2.03. The molecule has 19 heavy (non-hydrogen) atoms. The number of primary amides is 1. The summed E-state index contributed by atoms with van der Waals surface area (Å²) in [5, 5.41) is 4.59. The minimum Gasteiger partial charge on any atom is -0.370 e. The average Bonchev–Trinajstić information content (AvgIpc) is 2.79. The lowest BCUT2D eigenvalue weighted by Gasteiger charge is -2.07. The summed E-state index contributed by atoms with van der Waals surface area (Å²) in [6.45, 7) is 4.71. The molecule has 3 N–H and O–H groups in total. The molecule has 0 aliphatic rings. The van der Waals surface area contributed by atoms with E-state index in [0.717, 1.165) is 25.0 Å². The van der Waals surface area contributed by atoms with Gasteiger partial charge in [-0.1, -0.05) is 19.1 Å². The van der Waals surface area contributed by atoms with E-state index < -0.39 is 0 Å². The van der Waals surface area contributed by atoms with E-state index in [0.29, 0.717) is 13.0 Å². The molecule has 4 nitrogen and oxygen atoms in total. The van der Waals surface area contributed by atoms with E-state index in [1.165, 1.54) is 10.9 Å². The van der Waals surface area contributed by atoms with E-state index in [1.54, 1.807) is 0 Å². The fraction of sp³-hybridized carbons (Fsp3) is 0.400. The summed E-state index contributed by atoms with van der Waals surface area (Å²) in [5.41, 5.74) is 7.63. The van der Waals surface area contributed by atoms with Crippen molar-refractivity contribution < 1.29 is 4.79 Å². The van der Waals surface area contributed by atoms with Gasteiger partial charge in [0, 0.05) is 31.2 Å². The maximum atomic E-state index is 10.9. The Morgan fingerprint density at radius 3 is 2.95 bits per heavy atom. The number of rotatable bonds is 7. The molecule has 0 saturated carbocycles. The monoisotopic (exact) mass is 259 g/mol. The van der Waals surface area contributed by atoms with Gasteiger partial charge in [-0.05, 0) is 36.0 Å². The number of fused-ring (bicyclic) bond motifs is 1. The van der Waals surface area contributed by atoms with Crippen LogP contribution in [0, 0.1) is 0 Å². The lowest BCUT2D eigenvalue weighted by Crippen LogP contribution is -2.14. The Hall–Kier alpha value is -1.81. The number of hydrogen-bond donors (Lipinski definition) is 2. The Kier molecular flexibility index (Phi) is 4.58. The van der Waals surface area contributed by atoms with Crippen LogP contribution in [0.25, 0.3) is 10.9 Å². The molecule has 1 aromatic heterocycles. The first-order chi connectivity index (χ1) is 9.20. The molecular formula is C15H21N3O. The standard InChI is InChI=1S/C15H21N3O/c1-2-7-17-11-12-3-4-13-5-8-18(14(13)10-12)9-6-15(16)19/h3-5,8,10,17H,2,6-7,9,11H2,1H3,(H2,16,19). The van der Waals surface area contributed by atoms with Crippen molar-refractivity contribution in [2.75, 3.05) is 6.54 Å². The van der Waals surface area contributed by atoms with Gasteiger partial charge in [0.25, 0.3) is 0 Å². The summed E-state index contributed by atoms with van der Waals surface area (Å²) in [4.78, 5) is 10.9. The van der Waals surface area contributed by atoms with Crippen LogP contribution in [0.2, 0.25) is 0 Å². The van der Waals surface area contributed by atoms with Crippen LogP contribution in [0.3, 0.4) is 0 Å². The van der Waals surface area contributed by atoms with Gasteiger partial charge in [-0.3, -0.25) is 4.79 Å². The molecule has 0 aliphatic carbocycles. The third-order valence-electron chi connectivity index (χ3n) is 3.19. The second kappa shape index (κ2) is 6.38. The highest BCUT2D eigenvalue weighted by atomic mass is 16.1. The number of aromatic nitrogens is 1. The Bertz CT molecular complexity index is 560. The molecule has 0 unspecified atom stereocenters. The molecule has 2 rings (SSSR count). The summed E-state index contributed by atoms with van der Waals surface area (Å²) < 4.78 is 2.09. The van der Waals surface area contributed by atoms with Crippen LogP contribution in [0.4, 0.5) is 0 Å². The van der Waals surface area contributed by atoms with Gasteiger partial charge in [0.2, 0.25) is 5.91 Å². The van der Waals surface area contributed by atoms with Crippen molar-refractivity contribution in [1.29, 1.82) is 0 Å². The second-order valence-electron chi connectivity index (χ2n) is 4.80. The minimum atomic E-state index is -0.261. The zero-order valence-corrected chi connectivity index (χ0v) is 11.4. The normalized spacial score (nSPS) is 11.0. The fourth-order valence-corrected chi connectivity index (χ4v) is 2.17. The van der Waals surface area contributed by atoms with Crippen LogP contribution < -0.4 is 11.1 Å². The van der Waals surface area contributed by atoms with E-state index in [2.05, 4.69) is 41.1 Å². The quantitative estimate of drug-likeness (QED) is 0.747. The lowest BCUT2D eigenvalue weighted by molar-refractivity contribution is -0.118. The molecule has 0 radical (unpaired) electrons. The van der Waals surface area contributed by atoms with Crippen molar-refractivity contribution in [2.45, 2.75) is 32.9 Å². The third kappa shape index (κ3) is 3.58. The number of carbonyl (C=O) groups excluding carboxylic acids is 1. The molecule has 0 saturated heterocycles. The molecule has 2 aromatic rings. The Labute approximate surface area is 113 Å². The number of benzene rings is 1. The van der Waals surface area contributed by atoms with Gasteiger partial charge < -0.3 is 15.6 Å². The molecule has 0 spiro atoms. The van der Waals surface area contributed by atoms with Gasteiger partial charge in [-0.25, -0.2) is 0 Å². The smallest absolute Gasteiger partial charge is 0.219 e. The first-order valence-electron chi connectivity index (χ1n) is 6.77. The predicted octanol–water partition coefficient (Wildman–Crippen LogP) is 2.02. The predicted molar refractivity (Wildman–Crippen MR) is 77.7 cm³/mol. The minimum absolute atomic E-state index is 0.261. The summed E-state index contributed by atoms with van der Waals surface area (Å²) in [7, 11) is 0. The van der Waals surface area contributed by atoms with Gasteiger partial charge in [0.05, 0.1) is 0 Å². The van der Waals surface area contributed by atoms with E-state index in [9.17, 15) is 4.79 Å². The maximum absolute atomic E-state index is 10.9. The molecule has 0 bridgehead atoms. The van der Waals surface area contributed by atoms with Crippen molar-refractivity contribution in [1.82, 2.24) is 9.88 Å². The van der Waals surface area contributed by atoms with Gasteiger partial charge in [0.15, 0.2) is 0 Å². The summed E-state index contributed by atoms with van der Waals surface area (Å²) in [5.74, 6) is -0.261. The fourth-order valence-electron chi connectivity index (χ4n) is 2.17. The van der Waals surface area contributed by atoms with Crippen molar-refractivity contribution in [3.63, 3.8) is 0 Å². The highest BCUT2D eigenvalue weighted by Crippen LogP contribution is 2.18. The van der Waals surface area contributed by atoms with Crippen LogP contribution in [0.5, 0.6) is 0 Å². The van der Waals surface area contributed by atoms with Crippen molar-refractivity contribution >= 4 is 16.8 Å². The van der Waals surface area contributed by atoms with Crippen molar-refractivity contribution in [3.8, 4) is 0 Å². The third-order valence-corrected chi connectivity index (χ3v) is 3.19. The summed E-state index contributed by atoms with van der Waals surface area (Å²) in [6, 6.07) is 8.51. The largest absolute Gasteiger partial charge is 0.370 e. The van der Waals surface area contributed by atoms with E-state index in [1.807, 2.05) is 6.20 Å². The molecule has 102 valence electrons. The molecule has 1 aromatic carbocycles. The molecule has 4 heteroatoms. The van der Waals surface area contributed by atoms with E-state index >= 15 is 0 Å². The van der Waals surface area contributed by atoms with Gasteiger partial charge in [-0.2, -0.15) is 0 Å². The zero-order valence-electron chi connectivity index (χ0n) is 11.4. The second-order valence-corrected chi connectivity index (χ2v) is 4.80. The van der Waals surface area contributed by atoms with Crippen LogP contribution in [-0.4, -0.2) is 17.0 Å². The summed E-state index contributed by atoms with van der Waals surface area (Å²) in [6.07, 6.45) is 3.52. The molecule has 1 amide bonds. The maximum Gasteiger partial charge on any atom is 0.219 e. The number of amides is 1. The van der Waals surface area contributed by atoms with Crippen LogP contribution in [0.1, 0.15) is 25.3 Å². The first kappa shape index (κ1) is 13.6.